The summed E-state index contributed by atoms with van der Waals surface area (Å²) < 4.78 is 11.2. The van der Waals surface area contributed by atoms with Crippen molar-refractivity contribution in [3.05, 3.63) is 240 Å². The largest absolute Gasteiger partial charge is 0.379 e. The summed E-state index contributed by atoms with van der Waals surface area (Å²) in [6.07, 6.45) is 10.9. The van der Waals surface area contributed by atoms with Gasteiger partial charge in [0.05, 0.1) is 84.1 Å². The Hall–Kier alpha value is -12.2. The number of morpholine rings is 1. The summed E-state index contributed by atoms with van der Waals surface area (Å²) in [5.41, 5.74) is 22.8. The third kappa shape index (κ3) is 14.1. The van der Waals surface area contributed by atoms with Gasteiger partial charge in [-0.05, 0) is 186 Å². The molecule has 15 aromatic rings. The number of aromatic nitrogens is 18. The minimum Gasteiger partial charge on any atom is -0.379 e. The van der Waals surface area contributed by atoms with Crippen LogP contribution in [0, 0.1) is 20.8 Å². The number of hydrogen-bond donors (Lipinski definition) is 6. The van der Waals surface area contributed by atoms with E-state index in [4.69, 9.17) is 54.8 Å². The van der Waals surface area contributed by atoms with Crippen LogP contribution in [0.25, 0.3) is 96.3 Å². The van der Waals surface area contributed by atoms with E-state index in [-0.39, 0.29) is 5.92 Å². The number of aryl methyl sites for hydroxylation is 3. The number of anilines is 3. The fourth-order valence-electron chi connectivity index (χ4n) is 14.9. The Morgan fingerprint density at radius 3 is 1.63 bits per heavy atom. The average molecular weight is 1410 g/mol. The quantitative estimate of drug-likeness (QED) is 0.0347. The second kappa shape index (κ2) is 28.8. The third-order valence-electron chi connectivity index (χ3n) is 20.3. The molecule has 15 heterocycles. The van der Waals surface area contributed by atoms with Crippen LogP contribution in [0.1, 0.15) is 82.3 Å². The van der Waals surface area contributed by atoms with E-state index in [2.05, 4.69) is 135 Å². The number of nitrogens with zero attached hydrogens (tertiary/aromatic N) is 18. The lowest BCUT2D eigenvalue weighted by Crippen LogP contribution is -2.35. The molecular weight excluding hydrogens is 1330 g/mol. The minimum atomic E-state index is 0.186. The molecule has 6 N–H and O–H groups in total. The number of ether oxygens (including phenoxy) is 1. The van der Waals surface area contributed by atoms with Crippen LogP contribution in [0.3, 0.4) is 0 Å². The predicted octanol–water partition coefficient (Wildman–Crippen LogP) is 13.0. The molecule has 0 aliphatic carbocycles. The number of nitrogens with one attached hydrogen (secondary N) is 6. The van der Waals surface area contributed by atoms with Crippen LogP contribution >= 0.6 is 0 Å². The molecule has 0 spiro atoms. The lowest BCUT2D eigenvalue weighted by Gasteiger charge is -2.27. The molecule has 3 saturated heterocycles. The SMILES string of the molecule is Cc1cccc(-c2[nH]c(CNc3cccc(CN4CCC(c5nc6ccc(-c7nc(CNc8ccccc8CN8CCOCC8)[nH]c7-c7cccc(C)n7)cn6n5)C4)c3)nc2-c2ccc3nc(-c4ccc(NCc5nc(-c6ccc7ncnn7c6)c(-c6cccc(C)n6)[nH]5)c(CN5CCCC5)c4)nn3c2)n1. The monoisotopic (exact) mass is 1400 g/mol. The topological polar surface area (TPSA) is 270 Å². The first-order valence-corrected chi connectivity index (χ1v) is 36.5. The summed E-state index contributed by atoms with van der Waals surface area (Å²) >= 11 is 0. The smallest absolute Gasteiger partial charge is 0.182 e. The van der Waals surface area contributed by atoms with Crippen molar-refractivity contribution < 1.29 is 4.74 Å². The molecule has 1 atom stereocenters. The van der Waals surface area contributed by atoms with Gasteiger partial charge in [0.2, 0.25) is 0 Å². The molecule has 0 saturated carbocycles. The number of para-hydroxylation sites is 1. The molecule has 18 rings (SSSR count). The summed E-state index contributed by atoms with van der Waals surface area (Å²) in [5.74, 6) is 4.04. The molecule has 25 nitrogen and oxygen atoms in total. The summed E-state index contributed by atoms with van der Waals surface area (Å²) in [6, 6.07) is 54.1. The number of pyridine rings is 6. The molecule has 530 valence electrons. The minimum absolute atomic E-state index is 0.186. The van der Waals surface area contributed by atoms with E-state index in [1.807, 2.05) is 127 Å². The van der Waals surface area contributed by atoms with Crippen LogP contribution in [0.2, 0.25) is 0 Å². The highest BCUT2D eigenvalue weighted by Gasteiger charge is 2.29. The van der Waals surface area contributed by atoms with Crippen molar-refractivity contribution in [2.75, 3.05) is 68.4 Å². The molecule has 12 aromatic heterocycles. The second-order valence-electron chi connectivity index (χ2n) is 27.9. The maximum absolute atomic E-state index is 5.62. The summed E-state index contributed by atoms with van der Waals surface area (Å²) in [4.78, 5) is 63.4. The Morgan fingerprint density at radius 1 is 0.443 bits per heavy atom. The van der Waals surface area contributed by atoms with Gasteiger partial charge in [-0.3, -0.25) is 29.7 Å². The normalized spacial score (nSPS) is 15.3. The van der Waals surface area contributed by atoms with Crippen molar-refractivity contribution in [3.63, 3.8) is 0 Å². The number of H-pyrrole nitrogens is 3. The van der Waals surface area contributed by atoms with Crippen LogP contribution in [0.5, 0.6) is 0 Å². The molecule has 0 radical (unpaired) electrons. The van der Waals surface area contributed by atoms with Gasteiger partial charge in [-0.2, -0.15) is 10.2 Å². The summed E-state index contributed by atoms with van der Waals surface area (Å²) in [5, 5.41) is 25.8. The van der Waals surface area contributed by atoms with E-state index in [0.717, 1.165) is 232 Å². The summed E-state index contributed by atoms with van der Waals surface area (Å²) in [6.45, 7) is 17.2. The maximum Gasteiger partial charge on any atom is 0.182 e. The second-order valence-corrected chi connectivity index (χ2v) is 27.9. The Morgan fingerprint density at radius 2 is 0.991 bits per heavy atom. The van der Waals surface area contributed by atoms with Crippen molar-refractivity contribution in [3.8, 4) is 79.3 Å². The van der Waals surface area contributed by atoms with Gasteiger partial charge < -0.3 is 35.6 Å². The zero-order chi connectivity index (χ0) is 71.0. The van der Waals surface area contributed by atoms with Crippen LogP contribution in [0.15, 0.2) is 183 Å². The number of hydrogen-bond acceptors (Lipinski definition) is 19. The number of imidazole rings is 3. The van der Waals surface area contributed by atoms with Gasteiger partial charge >= 0.3 is 0 Å². The van der Waals surface area contributed by atoms with E-state index in [1.54, 1.807) is 10.8 Å². The van der Waals surface area contributed by atoms with Crippen LogP contribution in [0.4, 0.5) is 17.1 Å². The highest BCUT2D eigenvalue weighted by atomic mass is 16.5. The molecule has 3 fully saturated rings. The molecule has 3 aliphatic rings. The lowest BCUT2D eigenvalue weighted by molar-refractivity contribution is 0.0342. The Kier molecular flexibility index (Phi) is 17.9. The highest BCUT2D eigenvalue weighted by molar-refractivity contribution is 5.80. The Bertz CT molecular complexity index is 5690. The van der Waals surface area contributed by atoms with Crippen LogP contribution < -0.4 is 16.0 Å². The van der Waals surface area contributed by atoms with Gasteiger partial charge in [0, 0.05) is 120 Å². The number of benzene rings is 3. The average Bonchev–Trinajstić information content (AvgIpc) is 1.64. The van der Waals surface area contributed by atoms with Crippen LogP contribution in [-0.4, -0.2) is 156 Å². The van der Waals surface area contributed by atoms with Gasteiger partial charge in [-0.25, -0.2) is 43.5 Å². The van der Waals surface area contributed by atoms with Gasteiger partial charge in [-0.15, -0.1) is 5.10 Å². The number of aromatic amines is 3. The first kappa shape index (κ1) is 65.8. The van der Waals surface area contributed by atoms with Crippen molar-refractivity contribution in [1.29, 1.82) is 0 Å². The Balaban J connectivity index is 0.547. The number of rotatable bonds is 23. The third-order valence-corrected chi connectivity index (χ3v) is 20.3. The van der Waals surface area contributed by atoms with E-state index in [1.165, 1.54) is 24.0 Å². The molecule has 0 bridgehead atoms. The van der Waals surface area contributed by atoms with Crippen molar-refractivity contribution in [1.82, 2.24) is 103 Å². The van der Waals surface area contributed by atoms with E-state index in [0.29, 0.717) is 25.5 Å². The zero-order valence-corrected chi connectivity index (χ0v) is 59.4. The number of likely N-dealkylation sites (tertiary alicyclic amines) is 2. The molecule has 3 aliphatic heterocycles. The molecule has 106 heavy (non-hydrogen) atoms. The van der Waals surface area contributed by atoms with Crippen LogP contribution in [-0.2, 0) is 44.0 Å². The Labute approximate surface area is 611 Å². The molecule has 1 unspecified atom stereocenters. The zero-order valence-electron chi connectivity index (χ0n) is 59.4. The van der Waals surface area contributed by atoms with Crippen molar-refractivity contribution in [2.24, 2.45) is 0 Å². The molecule has 25 heteroatoms. The van der Waals surface area contributed by atoms with Gasteiger partial charge in [0.1, 0.15) is 23.8 Å². The molecular formula is C81H80N24O. The van der Waals surface area contributed by atoms with E-state index < -0.39 is 0 Å². The maximum atomic E-state index is 5.62. The molecule has 0 amide bonds. The van der Waals surface area contributed by atoms with Crippen molar-refractivity contribution in [2.45, 2.75) is 85.2 Å². The van der Waals surface area contributed by atoms with Gasteiger partial charge in [0.25, 0.3) is 0 Å². The van der Waals surface area contributed by atoms with Gasteiger partial charge in [0.15, 0.2) is 28.6 Å². The van der Waals surface area contributed by atoms with Gasteiger partial charge in [-0.1, -0.05) is 48.5 Å². The van der Waals surface area contributed by atoms with E-state index >= 15 is 0 Å². The fraction of sp³-hybridized carbons (Fsp3) is 0.259. The standard InChI is InChI=1S/C81H80N24O/c1-51-12-8-19-65(87-51)77-74(57-23-27-71-85-50-86-103(71)47-57)91-70(95-77)42-84-64-26-22-55(39-61(64)46-100-31-6-7-32-100)80-96-72-28-24-58(48-104(72)98-80)75-78(66-20-9-13-52(2)88-66)93-68(90-75)40-82-62-17-11-15-54(38-62)43-102-33-30-60(45-102)81-97-73-29-25-59(49-105(73)99-81)76-79(67-21-10-14-53(3)89-67)94-69(92-76)41-83-63-18-5-4-16-56(63)44-101-34-36-106-37-35-101/h4-5,8-29,38-39,47-50,60,82-84H,6-7,30-37,40-46H2,1-3H3,(H,90,93)(H,91,95)(H,92,94). The highest BCUT2D eigenvalue weighted by Crippen LogP contribution is 2.36. The van der Waals surface area contributed by atoms with Crippen molar-refractivity contribution >= 4 is 34.0 Å². The first-order valence-electron chi connectivity index (χ1n) is 36.5. The first-order chi connectivity index (χ1) is 52.1. The summed E-state index contributed by atoms with van der Waals surface area (Å²) in [7, 11) is 0. The number of fused-ring (bicyclic) bond motifs is 3. The van der Waals surface area contributed by atoms with E-state index in [9.17, 15) is 0 Å². The molecule has 3 aromatic carbocycles. The lowest BCUT2D eigenvalue weighted by atomic mass is 10.1. The predicted molar refractivity (Wildman–Crippen MR) is 409 cm³/mol. The fourth-order valence-corrected chi connectivity index (χ4v) is 14.9.